The Morgan fingerprint density at radius 2 is 1.93 bits per heavy atom. The summed E-state index contributed by atoms with van der Waals surface area (Å²) in [5.74, 6) is -0.150. The second kappa shape index (κ2) is 7.03. The number of likely N-dealkylation sites (N-methyl/N-ethyl adjacent to an activating group) is 1. The molecule has 0 atom stereocenters. The zero-order chi connectivity index (χ0) is 19.7. The summed E-state index contributed by atoms with van der Waals surface area (Å²) in [5, 5.41) is 0. The van der Waals surface area contributed by atoms with E-state index in [1.807, 2.05) is 0 Å². The van der Waals surface area contributed by atoms with Crippen LogP contribution in [0.2, 0.25) is 0 Å². The molecule has 1 aliphatic heterocycles. The number of aldehydes is 1. The molecule has 3 rings (SSSR count). The normalized spacial score (nSPS) is 16.1. The first-order chi connectivity index (χ1) is 12.8. The van der Waals surface area contributed by atoms with E-state index < -0.39 is 0 Å². The third kappa shape index (κ3) is 3.31. The lowest BCUT2D eigenvalue weighted by Gasteiger charge is -2.14. The van der Waals surface area contributed by atoms with Crippen molar-refractivity contribution in [2.45, 2.75) is 6.42 Å². The van der Waals surface area contributed by atoms with Gasteiger partial charge in [0.2, 0.25) is 0 Å². The Morgan fingerprint density at radius 1 is 1.19 bits per heavy atom. The van der Waals surface area contributed by atoms with Gasteiger partial charge in [0.1, 0.15) is 11.5 Å². The molecule has 7 nitrogen and oxygen atoms in total. The van der Waals surface area contributed by atoms with E-state index >= 15 is 0 Å². The van der Waals surface area contributed by atoms with Crippen molar-refractivity contribution in [1.29, 1.82) is 0 Å². The number of rotatable bonds is 4. The van der Waals surface area contributed by atoms with Gasteiger partial charge in [0.25, 0.3) is 17.7 Å². The summed E-state index contributed by atoms with van der Waals surface area (Å²) in [6.07, 6.45) is 5.75. The third-order valence-corrected chi connectivity index (χ3v) is 4.37. The lowest BCUT2D eigenvalue weighted by atomic mass is 10.1. The predicted molar refractivity (Wildman–Crippen MR) is 97.1 cm³/mol. The molecule has 1 aromatic rings. The summed E-state index contributed by atoms with van der Waals surface area (Å²) in [6.45, 7) is 0. The van der Waals surface area contributed by atoms with Crippen molar-refractivity contribution in [2.75, 3.05) is 21.1 Å². The second-order valence-electron chi connectivity index (χ2n) is 6.37. The Bertz CT molecular complexity index is 953. The quantitative estimate of drug-likeness (QED) is 0.598. The van der Waals surface area contributed by atoms with Crippen LogP contribution in [0.5, 0.6) is 5.75 Å². The number of allylic oxidation sites excluding steroid dienone is 2. The number of imide groups is 1. The molecule has 138 valence electrons. The highest BCUT2D eigenvalue weighted by molar-refractivity contribution is 6.20. The van der Waals surface area contributed by atoms with Crippen LogP contribution in [0, 0.1) is 0 Å². The summed E-state index contributed by atoms with van der Waals surface area (Å²) in [6, 6.07) is 4.60. The van der Waals surface area contributed by atoms with Gasteiger partial charge in [0.15, 0.2) is 6.29 Å². The maximum Gasteiger partial charge on any atom is 0.260 e. The van der Waals surface area contributed by atoms with Gasteiger partial charge < -0.3 is 9.64 Å². The fraction of sp³-hybridized carbons (Fsp3) is 0.200. The Morgan fingerprint density at radius 3 is 2.59 bits per heavy atom. The van der Waals surface area contributed by atoms with Gasteiger partial charge in [-0.15, -0.1) is 0 Å². The van der Waals surface area contributed by atoms with Crippen molar-refractivity contribution in [3.05, 3.63) is 64.5 Å². The molecule has 0 N–H and O–H groups in total. The first-order valence-electron chi connectivity index (χ1n) is 8.26. The molecule has 0 aromatic heterocycles. The molecule has 27 heavy (non-hydrogen) atoms. The second-order valence-corrected chi connectivity index (χ2v) is 6.37. The summed E-state index contributed by atoms with van der Waals surface area (Å²) in [4.78, 5) is 50.1. The van der Waals surface area contributed by atoms with Crippen molar-refractivity contribution in [2.24, 2.45) is 0 Å². The lowest BCUT2D eigenvalue weighted by molar-refractivity contribution is -0.135. The lowest BCUT2D eigenvalue weighted by Crippen LogP contribution is -2.26. The van der Waals surface area contributed by atoms with E-state index in [9.17, 15) is 19.2 Å². The van der Waals surface area contributed by atoms with Gasteiger partial charge in [0, 0.05) is 44.3 Å². The minimum Gasteiger partial charge on any atom is -0.458 e. The minimum atomic E-state index is -0.338. The molecular formula is C20H18N2O5. The number of amides is 3. The molecule has 2 aliphatic rings. The number of benzene rings is 1. The summed E-state index contributed by atoms with van der Waals surface area (Å²) >= 11 is 0. The van der Waals surface area contributed by atoms with Gasteiger partial charge in [-0.2, -0.15) is 0 Å². The third-order valence-electron chi connectivity index (χ3n) is 4.37. The molecule has 7 heteroatoms. The first-order valence-corrected chi connectivity index (χ1v) is 8.26. The Labute approximate surface area is 156 Å². The molecule has 1 heterocycles. The van der Waals surface area contributed by atoms with E-state index in [-0.39, 0.29) is 35.3 Å². The standard InChI is InChI=1S/C20H18N2O5/c1-21(2)18(24)17-10-14(5-4-12(17)11-23)27-13-6-8-15-16(9-7-13)20(26)22(3)19(15)25/h4-8,10-11H,9H2,1-3H3. The molecule has 0 unspecified atom stereocenters. The highest BCUT2D eigenvalue weighted by Gasteiger charge is 2.34. The van der Waals surface area contributed by atoms with Gasteiger partial charge >= 0.3 is 0 Å². The Hall–Kier alpha value is -3.48. The topological polar surface area (TPSA) is 84.0 Å². The molecular weight excluding hydrogens is 348 g/mol. The maximum atomic E-state index is 12.3. The molecule has 0 bridgehead atoms. The number of hydrogen-bond donors (Lipinski definition) is 0. The molecule has 1 aromatic carbocycles. The van der Waals surface area contributed by atoms with Crippen molar-refractivity contribution < 1.29 is 23.9 Å². The van der Waals surface area contributed by atoms with Gasteiger partial charge in [-0.25, -0.2) is 0 Å². The SMILES string of the molecule is CN(C)C(=O)c1cc(OC2=CCC3=C(C=C2)C(=O)N(C)C3=O)ccc1C=O. The fourth-order valence-electron chi connectivity index (χ4n) is 2.86. The molecule has 0 radical (unpaired) electrons. The number of ether oxygens (including phenoxy) is 1. The monoisotopic (exact) mass is 366 g/mol. The summed E-state index contributed by atoms with van der Waals surface area (Å²) < 4.78 is 5.79. The number of carbonyl (C=O) groups is 4. The van der Waals surface area contributed by atoms with Crippen LogP contribution in [-0.2, 0) is 9.59 Å². The van der Waals surface area contributed by atoms with E-state index in [0.717, 1.165) is 4.90 Å². The Kier molecular flexibility index (Phi) is 4.77. The summed E-state index contributed by atoms with van der Waals surface area (Å²) in [7, 11) is 4.64. The largest absolute Gasteiger partial charge is 0.458 e. The maximum absolute atomic E-state index is 12.3. The van der Waals surface area contributed by atoms with Gasteiger partial charge in [0.05, 0.1) is 5.56 Å². The molecule has 0 fully saturated rings. The highest BCUT2D eigenvalue weighted by Crippen LogP contribution is 2.28. The minimum absolute atomic E-state index is 0.235. The zero-order valence-electron chi connectivity index (χ0n) is 15.2. The highest BCUT2D eigenvalue weighted by atomic mass is 16.5. The van der Waals surface area contributed by atoms with E-state index in [0.29, 0.717) is 28.9 Å². The van der Waals surface area contributed by atoms with Crippen LogP contribution in [0.25, 0.3) is 0 Å². The van der Waals surface area contributed by atoms with Crippen molar-refractivity contribution in [3.8, 4) is 5.75 Å². The van der Waals surface area contributed by atoms with E-state index in [2.05, 4.69) is 0 Å². The van der Waals surface area contributed by atoms with Crippen LogP contribution in [0.4, 0.5) is 0 Å². The average molecular weight is 366 g/mol. The number of nitrogens with zero attached hydrogens (tertiary/aromatic N) is 2. The van der Waals surface area contributed by atoms with Crippen LogP contribution >= 0.6 is 0 Å². The average Bonchev–Trinajstić information content (AvgIpc) is 2.81. The fourth-order valence-corrected chi connectivity index (χ4v) is 2.86. The number of carbonyl (C=O) groups excluding carboxylic acids is 4. The van der Waals surface area contributed by atoms with E-state index in [4.69, 9.17) is 4.74 Å². The van der Waals surface area contributed by atoms with Crippen LogP contribution in [0.1, 0.15) is 27.1 Å². The predicted octanol–water partition coefficient (Wildman–Crippen LogP) is 1.72. The van der Waals surface area contributed by atoms with Gasteiger partial charge in [-0.1, -0.05) is 0 Å². The van der Waals surface area contributed by atoms with Crippen molar-refractivity contribution in [1.82, 2.24) is 9.80 Å². The van der Waals surface area contributed by atoms with Crippen LogP contribution in [0.15, 0.2) is 53.3 Å². The first kappa shape index (κ1) is 18.3. The molecule has 0 saturated carbocycles. The smallest absolute Gasteiger partial charge is 0.260 e. The zero-order valence-corrected chi connectivity index (χ0v) is 15.2. The Balaban J connectivity index is 1.85. The van der Waals surface area contributed by atoms with Gasteiger partial charge in [-0.05, 0) is 36.4 Å². The molecule has 0 spiro atoms. The summed E-state index contributed by atoms with van der Waals surface area (Å²) in [5.41, 5.74) is 1.29. The van der Waals surface area contributed by atoms with Crippen LogP contribution < -0.4 is 4.74 Å². The van der Waals surface area contributed by atoms with Crippen LogP contribution in [-0.4, -0.2) is 55.0 Å². The van der Waals surface area contributed by atoms with Gasteiger partial charge in [-0.3, -0.25) is 24.1 Å². The van der Waals surface area contributed by atoms with Crippen molar-refractivity contribution in [3.63, 3.8) is 0 Å². The van der Waals surface area contributed by atoms with E-state index in [1.165, 1.54) is 24.1 Å². The molecule has 0 saturated heterocycles. The van der Waals surface area contributed by atoms with Crippen LogP contribution in [0.3, 0.4) is 0 Å². The number of hydrogen-bond acceptors (Lipinski definition) is 5. The van der Waals surface area contributed by atoms with Crippen molar-refractivity contribution >= 4 is 24.0 Å². The van der Waals surface area contributed by atoms with E-state index in [1.54, 1.807) is 38.4 Å². The molecule has 3 amide bonds. The molecule has 1 aliphatic carbocycles.